The predicted octanol–water partition coefficient (Wildman–Crippen LogP) is 4.18. The molecule has 2 N–H and O–H groups in total. The third kappa shape index (κ3) is 4.67. The Hall–Kier alpha value is -2.23. The van der Waals surface area contributed by atoms with E-state index in [9.17, 15) is 9.50 Å². The summed E-state index contributed by atoms with van der Waals surface area (Å²) in [5.41, 5.74) is 1.38. The third-order valence-corrected chi connectivity index (χ3v) is 2.94. The van der Waals surface area contributed by atoms with Crippen LogP contribution in [0.15, 0.2) is 42.5 Å². The number of rotatable bonds is 6. The van der Waals surface area contributed by atoms with E-state index in [2.05, 4.69) is 19.2 Å². The van der Waals surface area contributed by atoms with Crippen LogP contribution >= 0.6 is 0 Å². The van der Waals surface area contributed by atoms with E-state index >= 15 is 0 Å². The fraction of sp³-hybridized carbons (Fsp3) is 0.294. The molecule has 0 atom stereocenters. The van der Waals surface area contributed by atoms with Gasteiger partial charge in [-0.25, -0.2) is 4.39 Å². The molecule has 0 bridgehead atoms. The van der Waals surface area contributed by atoms with Crippen LogP contribution in [-0.4, -0.2) is 11.7 Å². The summed E-state index contributed by atoms with van der Waals surface area (Å²) in [6.45, 7) is 5.19. The van der Waals surface area contributed by atoms with Crippen molar-refractivity contribution in [1.29, 1.82) is 0 Å². The Morgan fingerprint density at radius 3 is 2.76 bits per heavy atom. The molecule has 0 saturated carbocycles. The van der Waals surface area contributed by atoms with Crippen LogP contribution in [0.5, 0.6) is 11.5 Å². The Bertz CT molecular complexity index is 599. The minimum Gasteiger partial charge on any atom is -0.508 e. The van der Waals surface area contributed by atoms with Gasteiger partial charge in [0.1, 0.15) is 17.3 Å². The van der Waals surface area contributed by atoms with Crippen molar-refractivity contribution in [3.8, 4) is 11.5 Å². The molecule has 0 fully saturated rings. The summed E-state index contributed by atoms with van der Waals surface area (Å²) in [5, 5.41) is 12.8. The summed E-state index contributed by atoms with van der Waals surface area (Å²) in [6, 6.07) is 11.5. The second-order valence-electron chi connectivity index (χ2n) is 5.36. The van der Waals surface area contributed by atoms with Gasteiger partial charge in [0.2, 0.25) is 0 Å². The normalized spacial score (nSPS) is 10.7. The van der Waals surface area contributed by atoms with Gasteiger partial charge in [-0.3, -0.25) is 0 Å². The van der Waals surface area contributed by atoms with Gasteiger partial charge in [-0.15, -0.1) is 0 Å². The number of hydrogen-bond acceptors (Lipinski definition) is 3. The van der Waals surface area contributed by atoms with Gasteiger partial charge in [-0.2, -0.15) is 0 Å². The lowest BCUT2D eigenvalue weighted by atomic mass is 10.2. The summed E-state index contributed by atoms with van der Waals surface area (Å²) in [5.74, 6) is 0.970. The highest BCUT2D eigenvalue weighted by Crippen LogP contribution is 2.22. The molecule has 0 heterocycles. The van der Waals surface area contributed by atoms with Crippen molar-refractivity contribution < 1.29 is 14.2 Å². The molecule has 0 aromatic heterocycles. The standard InChI is InChI=1S/C17H20FNO2/c1-12(2)11-21-16-5-3-4-15(9-16)19-10-13-8-14(18)6-7-17(13)20/h3-9,12,19-20H,10-11H2,1-2H3. The van der Waals surface area contributed by atoms with Gasteiger partial charge < -0.3 is 15.2 Å². The summed E-state index contributed by atoms with van der Waals surface area (Å²) >= 11 is 0. The summed E-state index contributed by atoms with van der Waals surface area (Å²) in [7, 11) is 0. The molecule has 0 unspecified atom stereocenters. The highest BCUT2D eigenvalue weighted by Gasteiger charge is 2.04. The Labute approximate surface area is 124 Å². The van der Waals surface area contributed by atoms with Crippen LogP contribution in [0.4, 0.5) is 10.1 Å². The van der Waals surface area contributed by atoms with Gasteiger partial charge in [-0.05, 0) is 36.2 Å². The van der Waals surface area contributed by atoms with E-state index < -0.39 is 0 Å². The molecule has 0 aliphatic heterocycles. The summed E-state index contributed by atoms with van der Waals surface area (Å²) in [4.78, 5) is 0. The molecule has 0 saturated heterocycles. The number of ether oxygens (including phenoxy) is 1. The van der Waals surface area contributed by atoms with Crippen molar-refractivity contribution >= 4 is 5.69 Å². The zero-order valence-corrected chi connectivity index (χ0v) is 12.3. The molecule has 0 aliphatic carbocycles. The number of anilines is 1. The maximum absolute atomic E-state index is 13.2. The zero-order valence-electron chi connectivity index (χ0n) is 12.3. The molecule has 0 amide bonds. The highest BCUT2D eigenvalue weighted by atomic mass is 19.1. The molecule has 0 spiro atoms. The molecule has 0 radical (unpaired) electrons. The Morgan fingerprint density at radius 2 is 2.00 bits per heavy atom. The van der Waals surface area contributed by atoms with Crippen LogP contribution in [0.2, 0.25) is 0 Å². The van der Waals surface area contributed by atoms with Gasteiger partial charge in [0.05, 0.1) is 6.61 Å². The van der Waals surface area contributed by atoms with Crippen LogP contribution in [0.3, 0.4) is 0 Å². The van der Waals surface area contributed by atoms with Gasteiger partial charge >= 0.3 is 0 Å². The topological polar surface area (TPSA) is 41.5 Å². The predicted molar refractivity (Wildman–Crippen MR) is 82.2 cm³/mol. The molecular weight excluding hydrogens is 269 g/mol. The average Bonchev–Trinajstić information content (AvgIpc) is 2.46. The van der Waals surface area contributed by atoms with Crippen molar-refractivity contribution in [2.45, 2.75) is 20.4 Å². The van der Waals surface area contributed by atoms with Crippen molar-refractivity contribution in [2.24, 2.45) is 5.92 Å². The van der Waals surface area contributed by atoms with Gasteiger partial charge in [0, 0.05) is 23.9 Å². The molecule has 21 heavy (non-hydrogen) atoms. The Kier molecular flexibility index (Phi) is 5.04. The van der Waals surface area contributed by atoms with Crippen molar-refractivity contribution in [3.63, 3.8) is 0 Å². The minimum atomic E-state index is -0.362. The van der Waals surface area contributed by atoms with E-state index in [1.165, 1.54) is 18.2 Å². The number of phenolic OH excluding ortho intramolecular Hbond substituents is 1. The lowest BCUT2D eigenvalue weighted by molar-refractivity contribution is 0.271. The molecule has 4 heteroatoms. The van der Waals surface area contributed by atoms with Crippen LogP contribution < -0.4 is 10.1 Å². The molecule has 112 valence electrons. The van der Waals surface area contributed by atoms with Gasteiger partial charge in [0.25, 0.3) is 0 Å². The van der Waals surface area contributed by atoms with E-state index in [0.29, 0.717) is 24.6 Å². The van der Waals surface area contributed by atoms with E-state index in [4.69, 9.17) is 4.74 Å². The number of nitrogens with one attached hydrogen (secondary N) is 1. The lowest BCUT2D eigenvalue weighted by Crippen LogP contribution is -2.05. The smallest absolute Gasteiger partial charge is 0.123 e. The number of halogens is 1. The first kappa shape index (κ1) is 15.2. The molecule has 0 aliphatic rings. The number of phenols is 1. The molecule has 2 aromatic rings. The van der Waals surface area contributed by atoms with Crippen molar-refractivity contribution in [1.82, 2.24) is 0 Å². The first-order chi connectivity index (χ1) is 10.0. The second-order valence-corrected chi connectivity index (χ2v) is 5.36. The quantitative estimate of drug-likeness (QED) is 0.838. The molecule has 2 rings (SSSR count). The fourth-order valence-corrected chi connectivity index (χ4v) is 1.85. The van der Waals surface area contributed by atoms with Crippen LogP contribution in [0, 0.1) is 11.7 Å². The van der Waals surface area contributed by atoms with E-state index in [0.717, 1.165) is 11.4 Å². The van der Waals surface area contributed by atoms with E-state index in [1.807, 2.05) is 24.3 Å². The first-order valence-electron chi connectivity index (χ1n) is 6.98. The number of benzene rings is 2. The maximum atomic E-state index is 13.2. The maximum Gasteiger partial charge on any atom is 0.123 e. The minimum absolute atomic E-state index is 0.0797. The van der Waals surface area contributed by atoms with E-state index in [1.54, 1.807) is 0 Å². The van der Waals surface area contributed by atoms with Crippen LogP contribution in [-0.2, 0) is 6.54 Å². The van der Waals surface area contributed by atoms with Crippen molar-refractivity contribution in [2.75, 3.05) is 11.9 Å². The monoisotopic (exact) mass is 289 g/mol. The fourth-order valence-electron chi connectivity index (χ4n) is 1.85. The average molecular weight is 289 g/mol. The van der Waals surface area contributed by atoms with Crippen LogP contribution in [0.25, 0.3) is 0 Å². The largest absolute Gasteiger partial charge is 0.508 e. The van der Waals surface area contributed by atoms with E-state index in [-0.39, 0.29) is 11.6 Å². The summed E-state index contributed by atoms with van der Waals surface area (Å²) < 4.78 is 18.8. The first-order valence-corrected chi connectivity index (χ1v) is 6.98. The molecule has 2 aromatic carbocycles. The Balaban J connectivity index is 1.99. The zero-order chi connectivity index (χ0) is 15.2. The van der Waals surface area contributed by atoms with Crippen molar-refractivity contribution in [3.05, 3.63) is 53.8 Å². The SMILES string of the molecule is CC(C)COc1cccc(NCc2cc(F)ccc2O)c1. The Morgan fingerprint density at radius 1 is 1.19 bits per heavy atom. The lowest BCUT2D eigenvalue weighted by Gasteiger charge is -2.12. The van der Waals surface area contributed by atoms with Crippen LogP contribution in [0.1, 0.15) is 19.4 Å². The molecular formula is C17H20FNO2. The van der Waals surface area contributed by atoms with Gasteiger partial charge in [-0.1, -0.05) is 19.9 Å². The summed E-state index contributed by atoms with van der Waals surface area (Å²) in [6.07, 6.45) is 0. The van der Waals surface area contributed by atoms with Gasteiger partial charge in [0.15, 0.2) is 0 Å². The highest BCUT2D eigenvalue weighted by molar-refractivity contribution is 5.49. The molecule has 3 nitrogen and oxygen atoms in total. The number of aromatic hydroxyl groups is 1. The number of hydrogen-bond donors (Lipinski definition) is 2. The third-order valence-electron chi connectivity index (χ3n) is 2.94. The second kappa shape index (κ2) is 6.97.